The zero-order chi connectivity index (χ0) is 30.5. The number of benzene rings is 4. The Labute approximate surface area is 255 Å². The molecule has 0 N–H and O–H groups in total. The van der Waals surface area contributed by atoms with Crippen molar-refractivity contribution in [2.75, 3.05) is 0 Å². The van der Waals surface area contributed by atoms with Crippen molar-refractivity contribution in [3.63, 3.8) is 0 Å². The van der Waals surface area contributed by atoms with Gasteiger partial charge in [-0.15, -0.1) is 0 Å². The summed E-state index contributed by atoms with van der Waals surface area (Å²) in [6.07, 6.45) is 4.23. The van der Waals surface area contributed by atoms with Crippen LogP contribution in [0, 0.1) is 34.6 Å². The van der Waals surface area contributed by atoms with Gasteiger partial charge in [-0.3, -0.25) is 0 Å². The normalized spacial score (nSPS) is 11.0. The second kappa shape index (κ2) is 16.3. The monoisotopic (exact) mass is 548 g/mol. The second-order valence-corrected chi connectivity index (χ2v) is 11.0. The molecule has 4 aromatic carbocycles. The topological polar surface area (TPSA) is 0 Å². The van der Waals surface area contributed by atoms with E-state index >= 15 is 0 Å². The molecule has 0 saturated heterocycles. The van der Waals surface area contributed by atoms with Gasteiger partial charge in [0.25, 0.3) is 0 Å². The molecule has 5 rings (SSSR count). The Balaban J connectivity index is 0.000000173. The molecule has 1 aromatic heterocycles. The second-order valence-electron chi connectivity index (χ2n) is 11.0. The third-order valence-corrected chi connectivity index (χ3v) is 7.57. The molecule has 0 aliphatic carbocycles. The first-order valence-corrected chi connectivity index (χ1v) is 14.8. The van der Waals surface area contributed by atoms with E-state index < -0.39 is 0 Å². The molecule has 0 bridgehead atoms. The molecular formula is C41H45B. The Hall–Kier alpha value is -4.23. The molecular weight excluding hydrogens is 503 g/mol. The van der Waals surface area contributed by atoms with E-state index in [9.17, 15) is 0 Å². The van der Waals surface area contributed by atoms with E-state index in [2.05, 4.69) is 190 Å². The summed E-state index contributed by atoms with van der Waals surface area (Å²) < 4.78 is 0. The van der Waals surface area contributed by atoms with Crippen LogP contribution in [0.3, 0.4) is 0 Å². The van der Waals surface area contributed by atoms with Gasteiger partial charge in [-0.25, -0.2) is 0 Å². The summed E-state index contributed by atoms with van der Waals surface area (Å²) in [6.45, 7) is 19.2. The van der Waals surface area contributed by atoms with Gasteiger partial charge >= 0.3 is 85.3 Å². The van der Waals surface area contributed by atoms with Crippen molar-refractivity contribution in [2.45, 2.75) is 55.4 Å². The van der Waals surface area contributed by atoms with Gasteiger partial charge in [-0.05, 0) is 74.9 Å². The molecule has 212 valence electrons. The van der Waals surface area contributed by atoms with Crippen LogP contribution in [0.4, 0.5) is 0 Å². The predicted molar refractivity (Wildman–Crippen MR) is 188 cm³/mol. The Kier molecular flexibility index (Phi) is 12.5. The number of hydrogen-bond acceptors (Lipinski definition) is 0. The number of aryl methyl sites for hydroxylation is 5. The fraction of sp³-hybridized carbons (Fsp3) is 0.195. The molecule has 1 heterocycles. The van der Waals surface area contributed by atoms with Crippen molar-refractivity contribution in [1.82, 2.24) is 0 Å². The van der Waals surface area contributed by atoms with Crippen LogP contribution in [-0.2, 0) is 0 Å². The first kappa shape index (κ1) is 32.3. The molecule has 0 aliphatic rings. The molecule has 0 nitrogen and oxygen atoms in total. The van der Waals surface area contributed by atoms with Crippen LogP contribution >= 0.6 is 0 Å². The Bertz CT molecular complexity index is 1530. The molecule has 5 aromatic rings. The van der Waals surface area contributed by atoms with Gasteiger partial charge in [-0.1, -0.05) is 96.1 Å². The minimum atomic E-state index is 1.29. The van der Waals surface area contributed by atoms with E-state index in [1.54, 1.807) is 0 Å². The quantitative estimate of drug-likeness (QED) is 0.196. The summed E-state index contributed by atoms with van der Waals surface area (Å²) in [4.78, 5) is 0. The van der Waals surface area contributed by atoms with E-state index in [0.717, 1.165) is 0 Å². The summed E-state index contributed by atoms with van der Waals surface area (Å²) in [5.74, 6) is 2.09. The SMILES string of the molecule is C/C=C\C(C)=C(/C)c1ccccc1C.Cc1ccc(-c2ccc(C)cc2)cc1.Cc1cccbc1-c1ccccc1C. The van der Waals surface area contributed by atoms with E-state index in [1.807, 2.05) is 0 Å². The molecule has 0 amide bonds. The van der Waals surface area contributed by atoms with Gasteiger partial charge in [0.1, 0.15) is 0 Å². The van der Waals surface area contributed by atoms with Crippen LogP contribution in [0.1, 0.15) is 54.2 Å². The predicted octanol–water partition coefficient (Wildman–Crippen LogP) is 11.6. The van der Waals surface area contributed by atoms with Crippen molar-refractivity contribution in [3.05, 3.63) is 166 Å². The number of allylic oxidation sites excluding steroid dienone is 4. The molecule has 0 aliphatic heterocycles. The fourth-order valence-corrected chi connectivity index (χ4v) is 4.82. The molecule has 1 heteroatoms. The van der Waals surface area contributed by atoms with Crippen LogP contribution in [0.2, 0.25) is 0 Å². The molecule has 0 unspecified atom stereocenters. The van der Waals surface area contributed by atoms with E-state index in [0.29, 0.717) is 0 Å². The summed E-state index contributed by atoms with van der Waals surface area (Å²) in [7, 11) is 0. The van der Waals surface area contributed by atoms with Gasteiger partial charge < -0.3 is 0 Å². The summed E-state index contributed by atoms with van der Waals surface area (Å²) >= 11 is 0. The third-order valence-electron chi connectivity index (χ3n) is 7.57. The van der Waals surface area contributed by atoms with Gasteiger partial charge in [0.15, 0.2) is 0 Å². The standard InChI is InChI=1S/C14H14.C14H18.C13H13B/c1-11-3-7-13(8-4-11)14-9-5-12(2)6-10-14;1-5-8-11(2)13(4)14-10-7-6-9-12(14)3;1-10-6-3-4-8-12(10)13-11(2)7-5-9-14-13/h3-10H,1-2H3;5-10H,1-4H3;3-9H,1-2H3/b;8-5-,13-11+;. The van der Waals surface area contributed by atoms with Gasteiger partial charge in [0.05, 0.1) is 0 Å². The first-order valence-electron chi connectivity index (χ1n) is 14.8. The Morgan fingerprint density at radius 2 is 1.05 bits per heavy atom. The van der Waals surface area contributed by atoms with Gasteiger partial charge in [0, 0.05) is 0 Å². The van der Waals surface area contributed by atoms with E-state index in [4.69, 9.17) is 0 Å². The maximum absolute atomic E-state index is 2.18. The van der Waals surface area contributed by atoms with Crippen molar-refractivity contribution in [2.24, 2.45) is 0 Å². The zero-order valence-electron chi connectivity index (χ0n) is 26.7. The summed E-state index contributed by atoms with van der Waals surface area (Å²) in [5, 5.41) is 0. The van der Waals surface area contributed by atoms with Crippen LogP contribution < -0.4 is 0 Å². The number of hydrogen-bond donors (Lipinski definition) is 0. The van der Waals surface area contributed by atoms with Crippen molar-refractivity contribution < 1.29 is 0 Å². The minimum absolute atomic E-state index is 1.29. The average Bonchev–Trinajstić information content (AvgIpc) is 2.99. The first-order chi connectivity index (χ1) is 20.2. The van der Waals surface area contributed by atoms with Crippen molar-refractivity contribution in [1.29, 1.82) is 0 Å². The number of rotatable bonds is 4. The average molecular weight is 549 g/mol. The van der Waals surface area contributed by atoms with E-state index in [-0.39, 0.29) is 0 Å². The summed E-state index contributed by atoms with van der Waals surface area (Å²) in [6, 6.07) is 38.5. The molecule has 0 radical (unpaired) electrons. The van der Waals surface area contributed by atoms with Crippen LogP contribution in [0.15, 0.2) is 133 Å². The maximum atomic E-state index is 2.18. The Morgan fingerprint density at radius 1 is 0.548 bits per heavy atom. The van der Waals surface area contributed by atoms with Crippen LogP contribution in [0.25, 0.3) is 27.7 Å². The van der Waals surface area contributed by atoms with E-state index in [1.165, 1.54) is 66.7 Å². The van der Waals surface area contributed by atoms with Crippen molar-refractivity contribution in [3.8, 4) is 22.1 Å². The van der Waals surface area contributed by atoms with Crippen LogP contribution in [0.5, 0.6) is 0 Å². The molecule has 0 saturated carbocycles. The Morgan fingerprint density at radius 3 is 1.55 bits per heavy atom. The molecule has 42 heavy (non-hydrogen) atoms. The summed E-state index contributed by atoms with van der Waals surface area (Å²) in [5.41, 5.74) is 15.9. The zero-order valence-corrected chi connectivity index (χ0v) is 26.7. The molecule has 0 atom stereocenters. The van der Waals surface area contributed by atoms with Crippen LogP contribution in [-0.4, -0.2) is 6.91 Å². The molecule has 0 spiro atoms. The fourth-order valence-electron chi connectivity index (χ4n) is 4.82. The van der Waals surface area contributed by atoms with Crippen molar-refractivity contribution >= 4 is 12.5 Å². The van der Waals surface area contributed by atoms with Gasteiger partial charge in [0.2, 0.25) is 0 Å². The third kappa shape index (κ3) is 9.42. The molecule has 0 fully saturated rings. The van der Waals surface area contributed by atoms with Gasteiger partial charge in [-0.2, -0.15) is 0 Å².